The Morgan fingerprint density at radius 2 is 2.35 bits per heavy atom. The minimum Gasteiger partial charge on any atom is -0.468 e. The van der Waals surface area contributed by atoms with Gasteiger partial charge in [-0.3, -0.25) is 4.90 Å². The number of furan rings is 1. The minimum atomic E-state index is 0.509. The number of likely N-dealkylation sites (tertiary alicyclic amines) is 1. The van der Waals surface area contributed by atoms with Gasteiger partial charge in [0.15, 0.2) is 0 Å². The van der Waals surface area contributed by atoms with Crippen molar-refractivity contribution in [3.05, 3.63) is 23.7 Å². The maximum absolute atomic E-state index is 5.68. The van der Waals surface area contributed by atoms with E-state index in [1.807, 2.05) is 0 Å². The molecule has 1 aliphatic rings. The molecule has 3 heteroatoms. The predicted molar refractivity (Wildman–Crippen MR) is 69.6 cm³/mol. The maximum Gasteiger partial charge on any atom is 0.121 e. The van der Waals surface area contributed by atoms with Gasteiger partial charge in [0.25, 0.3) is 0 Å². The van der Waals surface area contributed by atoms with Crippen LogP contribution in [-0.2, 0) is 13.1 Å². The number of nitrogens with zero attached hydrogens (tertiary/aromatic N) is 1. The lowest BCUT2D eigenvalue weighted by atomic mass is 9.97. The Labute approximate surface area is 104 Å². The van der Waals surface area contributed by atoms with Gasteiger partial charge in [0.2, 0.25) is 0 Å². The van der Waals surface area contributed by atoms with Crippen LogP contribution in [0.5, 0.6) is 0 Å². The van der Waals surface area contributed by atoms with Crippen molar-refractivity contribution in [2.45, 2.75) is 58.2 Å². The normalized spacial score (nSPS) is 21.9. The summed E-state index contributed by atoms with van der Waals surface area (Å²) in [5.74, 6) is 0.950. The van der Waals surface area contributed by atoms with E-state index in [9.17, 15) is 0 Å². The zero-order chi connectivity index (χ0) is 12.1. The molecule has 1 atom stereocenters. The molecule has 1 fully saturated rings. The van der Waals surface area contributed by atoms with Gasteiger partial charge in [-0.2, -0.15) is 0 Å². The van der Waals surface area contributed by atoms with Crippen LogP contribution in [0.15, 0.2) is 16.7 Å². The third-order valence-corrected chi connectivity index (χ3v) is 3.77. The van der Waals surface area contributed by atoms with Crippen molar-refractivity contribution < 1.29 is 4.42 Å². The van der Waals surface area contributed by atoms with E-state index in [2.05, 4.69) is 17.9 Å². The van der Waals surface area contributed by atoms with Gasteiger partial charge in [-0.1, -0.05) is 19.8 Å². The molecule has 1 unspecified atom stereocenters. The molecular weight excluding hydrogens is 212 g/mol. The number of rotatable bonds is 5. The van der Waals surface area contributed by atoms with Gasteiger partial charge in [0, 0.05) is 18.2 Å². The van der Waals surface area contributed by atoms with Crippen LogP contribution >= 0.6 is 0 Å². The molecule has 0 aliphatic carbocycles. The largest absolute Gasteiger partial charge is 0.468 e. The van der Waals surface area contributed by atoms with E-state index in [1.54, 1.807) is 6.26 Å². The van der Waals surface area contributed by atoms with Crippen LogP contribution in [0.3, 0.4) is 0 Å². The summed E-state index contributed by atoms with van der Waals surface area (Å²) in [5, 5.41) is 0. The summed E-state index contributed by atoms with van der Waals surface area (Å²) in [4.78, 5) is 2.61. The molecule has 1 saturated heterocycles. The van der Waals surface area contributed by atoms with E-state index >= 15 is 0 Å². The van der Waals surface area contributed by atoms with Crippen LogP contribution in [0, 0.1) is 0 Å². The summed E-state index contributed by atoms with van der Waals surface area (Å²) in [6.45, 7) is 5.01. The molecule has 1 aromatic rings. The molecule has 96 valence electrons. The second-order valence-corrected chi connectivity index (χ2v) is 4.98. The predicted octanol–water partition coefficient (Wildman–Crippen LogP) is 2.89. The fourth-order valence-corrected chi connectivity index (χ4v) is 2.83. The molecule has 2 N–H and O–H groups in total. The first-order valence-electron chi connectivity index (χ1n) is 6.84. The summed E-state index contributed by atoms with van der Waals surface area (Å²) in [6.07, 6.45) is 8.42. The van der Waals surface area contributed by atoms with E-state index in [1.165, 1.54) is 44.2 Å². The Hall–Kier alpha value is -0.800. The number of hydrogen-bond acceptors (Lipinski definition) is 3. The molecule has 3 nitrogen and oxygen atoms in total. The summed E-state index contributed by atoms with van der Waals surface area (Å²) < 4.78 is 5.40. The SMILES string of the molecule is CCCC1CCCCN1Cc1ccoc1CN. The molecule has 0 amide bonds. The number of hydrogen-bond donors (Lipinski definition) is 1. The topological polar surface area (TPSA) is 42.4 Å². The molecule has 2 heterocycles. The zero-order valence-corrected chi connectivity index (χ0v) is 10.8. The highest BCUT2D eigenvalue weighted by Crippen LogP contribution is 2.24. The minimum absolute atomic E-state index is 0.509. The third kappa shape index (κ3) is 3.11. The van der Waals surface area contributed by atoms with Gasteiger partial charge in [0.05, 0.1) is 12.8 Å². The molecule has 1 aliphatic heterocycles. The van der Waals surface area contributed by atoms with Gasteiger partial charge in [0.1, 0.15) is 5.76 Å². The Morgan fingerprint density at radius 1 is 1.47 bits per heavy atom. The average molecular weight is 236 g/mol. The van der Waals surface area contributed by atoms with Crippen molar-refractivity contribution in [1.29, 1.82) is 0 Å². The van der Waals surface area contributed by atoms with E-state index in [0.29, 0.717) is 6.54 Å². The Bertz CT molecular complexity index is 333. The molecule has 1 aromatic heterocycles. The average Bonchev–Trinajstić information content (AvgIpc) is 2.79. The third-order valence-electron chi connectivity index (χ3n) is 3.77. The van der Waals surface area contributed by atoms with Gasteiger partial charge in [-0.05, 0) is 31.9 Å². The van der Waals surface area contributed by atoms with Crippen LogP contribution in [0.1, 0.15) is 50.4 Å². The molecular formula is C14H24N2O. The van der Waals surface area contributed by atoms with Crippen LogP contribution in [0.4, 0.5) is 0 Å². The van der Waals surface area contributed by atoms with E-state index < -0.39 is 0 Å². The highest BCUT2D eigenvalue weighted by Gasteiger charge is 2.22. The van der Waals surface area contributed by atoms with Crippen LogP contribution in [0.2, 0.25) is 0 Å². The molecule has 0 bridgehead atoms. The Morgan fingerprint density at radius 3 is 3.12 bits per heavy atom. The first-order chi connectivity index (χ1) is 8.35. The fourth-order valence-electron chi connectivity index (χ4n) is 2.83. The second kappa shape index (κ2) is 6.22. The van der Waals surface area contributed by atoms with Crippen LogP contribution < -0.4 is 5.73 Å². The maximum atomic E-state index is 5.68. The molecule has 17 heavy (non-hydrogen) atoms. The van der Waals surface area contributed by atoms with Crippen LogP contribution in [-0.4, -0.2) is 17.5 Å². The van der Waals surface area contributed by atoms with Crippen molar-refractivity contribution in [1.82, 2.24) is 4.90 Å². The molecule has 0 spiro atoms. The number of piperidine rings is 1. The smallest absolute Gasteiger partial charge is 0.121 e. The van der Waals surface area contributed by atoms with Gasteiger partial charge in [-0.15, -0.1) is 0 Å². The summed E-state index contributed by atoms with van der Waals surface area (Å²) >= 11 is 0. The quantitative estimate of drug-likeness (QED) is 0.854. The Balaban J connectivity index is 2.00. The molecule has 0 saturated carbocycles. The highest BCUT2D eigenvalue weighted by atomic mass is 16.3. The molecule has 0 radical (unpaired) electrons. The van der Waals surface area contributed by atoms with Crippen molar-refractivity contribution in [2.24, 2.45) is 5.73 Å². The second-order valence-electron chi connectivity index (χ2n) is 4.98. The van der Waals surface area contributed by atoms with Crippen molar-refractivity contribution in [3.8, 4) is 0 Å². The standard InChI is InChI=1S/C14H24N2O/c1-2-5-13-6-3-4-8-16(13)11-12-7-9-17-14(12)10-15/h7,9,13H,2-6,8,10-11,15H2,1H3. The fraction of sp³-hybridized carbons (Fsp3) is 0.714. The van der Waals surface area contributed by atoms with Gasteiger partial charge >= 0.3 is 0 Å². The summed E-state index contributed by atoms with van der Waals surface area (Å²) in [6, 6.07) is 2.83. The van der Waals surface area contributed by atoms with Gasteiger partial charge < -0.3 is 10.2 Å². The van der Waals surface area contributed by atoms with Gasteiger partial charge in [-0.25, -0.2) is 0 Å². The van der Waals surface area contributed by atoms with Crippen molar-refractivity contribution >= 4 is 0 Å². The first kappa shape index (κ1) is 12.7. The van der Waals surface area contributed by atoms with Crippen LogP contribution in [0.25, 0.3) is 0 Å². The van der Waals surface area contributed by atoms with E-state index in [4.69, 9.17) is 10.2 Å². The van der Waals surface area contributed by atoms with Crippen molar-refractivity contribution in [2.75, 3.05) is 6.54 Å². The number of nitrogens with two attached hydrogens (primary N) is 1. The lowest BCUT2D eigenvalue weighted by Crippen LogP contribution is -2.38. The van der Waals surface area contributed by atoms with Crippen molar-refractivity contribution in [3.63, 3.8) is 0 Å². The Kier molecular flexibility index (Phi) is 4.63. The highest BCUT2D eigenvalue weighted by molar-refractivity contribution is 5.16. The summed E-state index contributed by atoms with van der Waals surface area (Å²) in [5.41, 5.74) is 6.95. The monoisotopic (exact) mass is 236 g/mol. The van der Waals surface area contributed by atoms with E-state index in [-0.39, 0.29) is 0 Å². The molecule has 0 aromatic carbocycles. The van der Waals surface area contributed by atoms with E-state index in [0.717, 1.165) is 18.3 Å². The lowest BCUT2D eigenvalue weighted by molar-refractivity contribution is 0.131. The molecule has 2 rings (SSSR count). The summed E-state index contributed by atoms with van der Waals surface area (Å²) in [7, 11) is 0. The first-order valence-corrected chi connectivity index (χ1v) is 6.84. The lowest BCUT2D eigenvalue weighted by Gasteiger charge is -2.35. The zero-order valence-electron chi connectivity index (χ0n) is 10.8.